The molecule has 0 bridgehead atoms. The van der Waals surface area contributed by atoms with Crippen molar-refractivity contribution in [1.29, 1.82) is 0 Å². The quantitative estimate of drug-likeness (QED) is 0.0802. The van der Waals surface area contributed by atoms with Gasteiger partial charge in [0.05, 0.1) is 44.5 Å². The van der Waals surface area contributed by atoms with Crippen LogP contribution in [-0.2, 0) is 35.0 Å². The van der Waals surface area contributed by atoms with Crippen molar-refractivity contribution in [2.45, 2.75) is 48.2 Å². The van der Waals surface area contributed by atoms with Gasteiger partial charge in [0, 0.05) is 18.7 Å². The number of ether oxygens (including phenoxy) is 3. The highest BCUT2D eigenvalue weighted by atomic mass is 32.2. The number of benzene rings is 2. The summed E-state index contributed by atoms with van der Waals surface area (Å²) >= 11 is 0.799. The first-order chi connectivity index (χ1) is 22.1. The number of aliphatic carboxylic acids is 1. The molecule has 0 unspecified atom stereocenters. The van der Waals surface area contributed by atoms with Crippen LogP contribution in [0.15, 0.2) is 54.6 Å². The molecule has 0 aromatic heterocycles. The van der Waals surface area contributed by atoms with E-state index < -0.39 is 72.7 Å². The first-order valence-corrected chi connectivity index (χ1v) is 15.6. The number of amides is 2. The Labute approximate surface area is 271 Å². The number of thioether (sulfide) groups is 1. The molecule has 1 fully saturated rings. The summed E-state index contributed by atoms with van der Waals surface area (Å²) in [4.78, 5) is 35.0. The van der Waals surface area contributed by atoms with E-state index in [4.69, 9.17) is 20.6 Å². The van der Waals surface area contributed by atoms with Crippen LogP contribution >= 0.6 is 11.8 Å². The lowest BCUT2D eigenvalue weighted by Gasteiger charge is -2.46. The van der Waals surface area contributed by atoms with Gasteiger partial charge < -0.3 is 50.4 Å². The maximum atomic E-state index is 12.6. The SMILES string of the molecule is C#CCOCCOCCS[C@@]1(C(=O)O)C[C@@H](O)[C@H](NC(=O)CO)[C@@H]([C@@H](O)[C@@H](O)CNC(=O)Cc2ccc(-c3ccccc3)cc2)O1. The summed E-state index contributed by atoms with van der Waals surface area (Å²) < 4.78 is 16.3. The predicted octanol–water partition coefficient (Wildman–Crippen LogP) is -0.458. The van der Waals surface area contributed by atoms with Gasteiger partial charge in [-0.3, -0.25) is 9.59 Å². The molecule has 2 aromatic carbocycles. The smallest absolute Gasteiger partial charge is 0.346 e. The third-order valence-corrected chi connectivity index (χ3v) is 8.43. The molecule has 0 spiro atoms. The fourth-order valence-corrected chi connectivity index (χ4v) is 5.94. The van der Waals surface area contributed by atoms with Crippen molar-refractivity contribution in [2.75, 3.05) is 45.3 Å². The van der Waals surface area contributed by atoms with Crippen LogP contribution in [0, 0.1) is 12.3 Å². The number of carbonyl (C=O) groups excluding carboxylic acids is 2. The van der Waals surface area contributed by atoms with Crippen LogP contribution in [0.2, 0.25) is 0 Å². The second-order valence-corrected chi connectivity index (χ2v) is 11.8. The monoisotopic (exact) mass is 660 g/mol. The van der Waals surface area contributed by atoms with E-state index in [0.717, 1.165) is 22.9 Å². The molecule has 1 saturated heterocycles. The van der Waals surface area contributed by atoms with Crippen LogP contribution in [0.25, 0.3) is 11.1 Å². The van der Waals surface area contributed by atoms with Gasteiger partial charge in [0.1, 0.15) is 25.4 Å². The van der Waals surface area contributed by atoms with E-state index in [-0.39, 0.29) is 38.6 Å². The van der Waals surface area contributed by atoms with Crippen molar-refractivity contribution in [2.24, 2.45) is 0 Å². The maximum absolute atomic E-state index is 12.6. The van der Waals surface area contributed by atoms with Crippen LogP contribution in [0.4, 0.5) is 0 Å². The Morgan fingerprint density at radius 1 is 1.02 bits per heavy atom. The number of carbonyl (C=O) groups is 3. The molecule has 0 saturated carbocycles. The second-order valence-electron chi connectivity index (χ2n) is 10.5. The third kappa shape index (κ3) is 10.8. The van der Waals surface area contributed by atoms with E-state index >= 15 is 0 Å². The van der Waals surface area contributed by atoms with Crippen LogP contribution in [0.3, 0.4) is 0 Å². The third-order valence-electron chi connectivity index (χ3n) is 7.16. The molecule has 2 aromatic rings. The lowest BCUT2D eigenvalue weighted by molar-refractivity contribution is -0.203. The Morgan fingerprint density at radius 2 is 1.70 bits per heavy atom. The van der Waals surface area contributed by atoms with Crippen molar-refractivity contribution < 1.29 is 54.1 Å². The number of carboxylic acid groups (broad SMARTS) is 1. The second kappa shape index (κ2) is 18.6. The largest absolute Gasteiger partial charge is 0.478 e. The number of aliphatic hydroxyl groups is 4. The topological polar surface area (TPSA) is 204 Å². The van der Waals surface area contributed by atoms with Crippen LogP contribution in [-0.4, -0.2) is 124 Å². The maximum Gasteiger partial charge on any atom is 0.346 e. The van der Waals surface area contributed by atoms with Gasteiger partial charge in [-0.25, -0.2) is 4.79 Å². The summed E-state index contributed by atoms with van der Waals surface area (Å²) in [7, 11) is 0. The molecular weight excluding hydrogens is 620 g/mol. The van der Waals surface area contributed by atoms with E-state index in [2.05, 4.69) is 16.6 Å². The van der Waals surface area contributed by atoms with E-state index in [1.165, 1.54) is 0 Å². The number of carboxylic acids is 1. The highest BCUT2D eigenvalue weighted by molar-refractivity contribution is 8.01. The summed E-state index contributed by atoms with van der Waals surface area (Å²) in [5, 5.41) is 57.0. The molecule has 2 amide bonds. The highest BCUT2D eigenvalue weighted by Crippen LogP contribution is 2.40. The molecule has 250 valence electrons. The van der Waals surface area contributed by atoms with Gasteiger partial charge >= 0.3 is 5.97 Å². The summed E-state index contributed by atoms with van der Waals surface area (Å²) in [6, 6.07) is 15.7. The summed E-state index contributed by atoms with van der Waals surface area (Å²) in [5.41, 5.74) is 2.72. The minimum Gasteiger partial charge on any atom is -0.478 e. The Kier molecular flexibility index (Phi) is 14.9. The first-order valence-electron chi connectivity index (χ1n) is 14.6. The minimum absolute atomic E-state index is 0.0113. The molecule has 3 rings (SSSR count). The fourth-order valence-electron chi connectivity index (χ4n) is 4.82. The standard InChI is InChI=1S/C32H40N2O11S/c1-2-12-43-13-14-44-15-16-46-32(31(41)42)18-24(36)28(34-27(39)20-35)30(45-32)29(40)25(37)19-33-26(38)17-21-8-10-23(11-9-21)22-6-4-3-5-7-22/h1,3-11,24-25,28-30,35-37,40H,12-20H2,(H,33,38)(H,34,39)(H,41,42)/t24-,25+,28+,29+,30+,32-/m1/s1. The predicted molar refractivity (Wildman–Crippen MR) is 168 cm³/mol. The Hall–Kier alpha value is -3.52. The Morgan fingerprint density at radius 3 is 2.35 bits per heavy atom. The van der Waals surface area contributed by atoms with Gasteiger partial charge in [-0.1, -0.05) is 60.5 Å². The molecule has 0 radical (unpaired) electrons. The normalized spacial score (nSPS) is 22.3. The number of terminal acetylenes is 1. The number of hydrogen-bond donors (Lipinski definition) is 7. The average Bonchev–Trinajstić information content (AvgIpc) is 3.06. The molecule has 1 heterocycles. The summed E-state index contributed by atoms with van der Waals surface area (Å²) in [5.74, 6) is -0.400. The Balaban J connectivity index is 1.62. The molecular formula is C32H40N2O11S. The van der Waals surface area contributed by atoms with Crippen LogP contribution in [0.5, 0.6) is 0 Å². The van der Waals surface area contributed by atoms with Gasteiger partial charge in [0.25, 0.3) is 0 Å². The summed E-state index contributed by atoms with van der Waals surface area (Å²) in [6.07, 6.45) is -2.14. The summed E-state index contributed by atoms with van der Waals surface area (Å²) in [6.45, 7) is -0.717. The molecule has 0 aliphatic carbocycles. The van der Waals surface area contributed by atoms with Gasteiger partial charge in [-0.2, -0.15) is 0 Å². The van der Waals surface area contributed by atoms with Gasteiger partial charge in [0.2, 0.25) is 16.7 Å². The van der Waals surface area contributed by atoms with Crippen molar-refractivity contribution in [3.8, 4) is 23.5 Å². The molecule has 13 nitrogen and oxygen atoms in total. The Bertz CT molecular complexity index is 1310. The van der Waals surface area contributed by atoms with Crippen LogP contribution < -0.4 is 10.6 Å². The van der Waals surface area contributed by atoms with Crippen molar-refractivity contribution in [3.05, 3.63) is 60.2 Å². The number of hydrogen-bond acceptors (Lipinski definition) is 11. The van der Waals surface area contributed by atoms with E-state index in [1.54, 1.807) is 12.1 Å². The average molecular weight is 661 g/mol. The number of nitrogens with one attached hydrogen (secondary N) is 2. The molecule has 1 aliphatic rings. The van der Waals surface area contributed by atoms with Gasteiger partial charge in [-0.15, -0.1) is 18.2 Å². The molecule has 46 heavy (non-hydrogen) atoms. The highest BCUT2D eigenvalue weighted by Gasteiger charge is 2.55. The van der Waals surface area contributed by atoms with E-state index in [9.17, 15) is 39.9 Å². The molecule has 1 aliphatic heterocycles. The van der Waals surface area contributed by atoms with E-state index in [1.807, 2.05) is 42.5 Å². The molecule has 14 heteroatoms. The zero-order valence-corrected chi connectivity index (χ0v) is 25.9. The minimum atomic E-state index is -2.08. The zero-order valence-electron chi connectivity index (χ0n) is 25.1. The van der Waals surface area contributed by atoms with E-state index in [0.29, 0.717) is 5.56 Å². The van der Waals surface area contributed by atoms with Crippen LogP contribution in [0.1, 0.15) is 12.0 Å². The fraction of sp³-hybridized carbons (Fsp3) is 0.469. The zero-order chi connectivity index (χ0) is 33.5. The lowest BCUT2D eigenvalue weighted by atomic mass is 9.89. The van der Waals surface area contributed by atoms with Gasteiger partial charge in [-0.05, 0) is 16.7 Å². The molecule has 7 N–H and O–H groups in total. The number of rotatable bonds is 18. The van der Waals surface area contributed by atoms with Crippen molar-refractivity contribution in [1.82, 2.24) is 10.6 Å². The van der Waals surface area contributed by atoms with Crippen molar-refractivity contribution >= 4 is 29.5 Å². The number of aliphatic hydroxyl groups excluding tert-OH is 4. The van der Waals surface area contributed by atoms with Crippen molar-refractivity contribution in [3.63, 3.8) is 0 Å². The van der Waals surface area contributed by atoms with Gasteiger partial charge in [0.15, 0.2) is 0 Å². The molecule has 6 atom stereocenters. The first kappa shape index (κ1) is 36.9. The lowest BCUT2D eigenvalue weighted by Crippen LogP contribution is -2.67.